The molecular formula is C14H12BrClF2N2. The molecule has 0 amide bonds. The van der Waals surface area contributed by atoms with Crippen LogP contribution >= 0.6 is 27.5 Å². The van der Waals surface area contributed by atoms with Crippen LogP contribution in [0.3, 0.4) is 0 Å². The molecule has 0 radical (unpaired) electrons. The fraction of sp³-hybridized carbons (Fsp3) is 0.143. The van der Waals surface area contributed by atoms with Crippen LogP contribution in [0.5, 0.6) is 0 Å². The van der Waals surface area contributed by atoms with Crippen molar-refractivity contribution in [2.75, 3.05) is 0 Å². The van der Waals surface area contributed by atoms with Gasteiger partial charge in [-0.2, -0.15) is 0 Å². The zero-order valence-electron chi connectivity index (χ0n) is 10.3. The SMILES string of the molecule is NNC(Cc1ccc(Br)cc1F)c1ccc(Cl)cc1F. The van der Waals surface area contributed by atoms with E-state index < -0.39 is 11.9 Å². The molecule has 0 aliphatic carbocycles. The fourth-order valence-corrected chi connectivity index (χ4v) is 2.44. The molecule has 0 aromatic heterocycles. The highest BCUT2D eigenvalue weighted by Crippen LogP contribution is 2.25. The lowest BCUT2D eigenvalue weighted by Gasteiger charge is -2.17. The van der Waals surface area contributed by atoms with Crippen LogP contribution in [0.1, 0.15) is 17.2 Å². The van der Waals surface area contributed by atoms with Crippen LogP contribution in [-0.4, -0.2) is 0 Å². The number of halogens is 4. The van der Waals surface area contributed by atoms with Crippen molar-refractivity contribution in [3.05, 3.63) is 68.7 Å². The Morgan fingerprint density at radius 1 is 1.15 bits per heavy atom. The minimum absolute atomic E-state index is 0.230. The second-order valence-electron chi connectivity index (χ2n) is 4.32. The maximum absolute atomic E-state index is 13.9. The summed E-state index contributed by atoms with van der Waals surface area (Å²) < 4.78 is 28.3. The van der Waals surface area contributed by atoms with Crippen LogP contribution in [0.25, 0.3) is 0 Å². The second-order valence-corrected chi connectivity index (χ2v) is 5.68. The normalized spacial score (nSPS) is 12.4. The molecule has 1 unspecified atom stereocenters. The molecule has 0 aliphatic rings. The lowest BCUT2D eigenvalue weighted by molar-refractivity contribution is 0.498. The van der Waals surface area contributed by atoms with Crippen molar-refractivity contribution in [3.63, 3.8) is 0 Å². The van der Waals surface area contributed by atoms with Crippen LogP contribution < -0.4 is 11.3 Å². The molecule has 0 heterocycles. The maximum Gasteiger partial charge on any atom is 0.129 e. The third-order valence-corrected chi connectivity index (χ3v) is 3.71. The van der Waals surface area contributed by atoms with E-state index in [1.807, 2.05) is 0 Å². The van der Waals surface area contributed by atoms with Crippen molar-refractivity contribution in [2.24, 2.45) is 5.84 Å². The quantitative estimate of drug-likeness (QED) is 0.635. The van der Waals surface area contributed by atoms with Crippen LogP contribution in [-0.2, 0) is 6.42 Å². The number of hydrogen-bond acceptors (Lipinski definition) is 2. The van der Waals surface area contributed by atoms with Crippen molar-refractivity contribution in [3.8, 4) is 0 Å². The van der Waals surface area contributed by atoms with Gasteiger partial charge in [0, 0.05) is 15.1 Å². The van der Waals surface area contributed by atoms with E-state index >= 15 is 0 Å². The Bertz CT molecular complexity index is 622. The molecule has 0 aliphatic heterocycles. The summed E-state index contributed by atoms with van der Waals surface area (Å²) in [5.74, 6) is 4.62. The monoisotopic (exact) mass is 360 g/mol. The lowest BCUT2D eigenvalue weighted by atomic mass is 9.98. The molecule has 1 atom stereocenters. The van der Waals surface area contributed by atoms with Gasteiger partial charge in [-0.15, -0.1) is 0 Å². The molecule has 3 N–H and O–H groups in total. The van der Waals surface area contributed by atoms with E-state index in [9.17, 15) is 8.78 Å². The van der Waals surface area contributed by atoms with E-state index in [1.54, 1.807) is 24.3 Å². The highest BCUT2D eigenvalue weighted by molar-refractivity contribution is 9.10. The van der Waals surface area contributed by atoms with Gasteiger partial charge in [0.1, 0.15) is 11.6 Å². The van der Waals surface area contributed by atoms with Gasteiger partial charge in [-0.3, -0.25) is 11.3 Å². The van der Waals surface area contributed by atoms with Crippen molar-refractivity contribution in [1.82, 2.24) is 5.43 Å². The first-order valence-corrected chi connectivity index (χ1v) is 7.03. The molecule has 2 rings (SSSR count). The molecule has 0 saturated heterocycles. The average Bonchev–Trinajstić information content (AvgIpc) is 2.39. The maximum atomic E-state index is 13.9. The topological polar surface area (TPSA) is 38.0 Å². The van der Waals surface area contributed by atoms with E-state index in [-0.39, 0.29) is 12.2 Å². The highest BCUT2D eigenvalue weighted by Gasteiger charge is 2.17. The molecular weight excluding hydrogens is 350 g/mol. The average molecular weight is 362 g/mol. The molecule has 106 valence electrons. The third-order valence-electron chi connectivity index (χ3n) is 2.98. The van der Waals surface area contributed by atoms with Crippen molar-refractivity contribution in [1.29, 1.82) is 0 Å². The molecule has 2 aromatic carbocycles. The predicted molar refractivity (Wildman–Crippen MR) is 79.3 cm³/mol. The molecule has 20 heavy (non-hydrogen) atoms. The molecule has 2 aromatic rings. The van der Waals surface area contributed by atoms with Crippen LogP contribution in [0, 0.1) is 11.6 Å². The van der Waals surface area contributed by atoms with Gasteiger partial charge in [0.2, 0.25) is 0 Å². The Hall–Kier alpha value is -1.01. The summed E-state index contributed by atoms with van der Waals surface area (Å²) in [5.41, 5.74) is 3.30. The standard InChI is InChI=1S/C14H12BrClF2N2/c15-9-2-1-8(12(17)6-9)5-14(20-19)11-4-3-10(16)7-13(11)18/h1-4,6-7,14,20H,5,19H2. The van der Waals surface area contributed by atoms with E-state index in [2.05, 4.69) is 21.4 Å². The Balaban J connectivity index is 2.28. The third kappa shape index (κ3) is 3.55. The summed E-state index contributed by atoms with van der Waals surface area (Å²) in [7, 11) is 0. The largest absolute Gasteiger partial charge is 0.271 e. The fourth-order valence-electron chi connectivity index (χ4n) is 1.95. The predicted octanol–water partition coefficient (Wildman–Crippen LogP) is 4.13. The molecule has 0 fully saturated rings. The lowest BCUT2D eigenvalue weighted by Crippen LogP contribution is -2.30. The number of nitrogens with one attached hydrogen (secondary N) is 1. The number of hydrogen-bond donors (Lipinski definition) is 2. The van der Waals surface area contributed by atoms with Gasteiger partial charge in [-0.05, 0) is 36.2 Å². The van der Waals surface area contributed by atoms with Gasteiger partial charge in [0.25, 0.3) is 0 Å². The molecule has 2 nitrogen and oxygen atoms in total. The molecule has 0 spiro atoms. The molecule has 0 saturated carbocycles. The Labute approximate surface area is 129 Å². The van der Waals surface area contributed by atoms with E-state index in [0.29, 0.717) is 20.6 Å². The highest BCUT2D eigenvalue weighted by atomic mass is 79.9. The van der Waals surface area contributed by atoms with Crippen LogP contribution in [0.15, 0.2) is 40.9 Å². The number of benzene rings is 2. The zero-order chi connectivity index (χ0) is 14.7. The van der Waals surface area contributed by atoms with Gasteiger partial charge < -0.3 is 0 Å². The number of nitrogens with two attached hydrogens (primary N) is 1. The summed E-state index contributed by atoms with van der Waals surface area (Å²) in [4.78, 5) is 0. The van der Waals surface area contributed by atoms with E-state index in [0.717, 1.165) is 0 Å². The first kappa shape index (κ1) is 15.4. The summed E-state index contributed by atoms with van der Waals surface area (Å²) >= 11 is 8.90. The first-order valence-electron chi connectivity index (χ1n) is 5.86. The Morgan fingerprint density at radius 2 is 1.90 bits per heavy atom. The van der Waals surface area contributed by atoms with Gasteiger partial charge in [-0.25, -0.2) is 8.78 Å². The summed E-state index contributed by atoms with van der Waals surface area (Å²) in [6, 6.07) is 8.51. The zero-order valence-corrected chi connectivity index (χ0v) is 12.7. The van der Waals surface area contributed by atoms with Crippen LogP contribution in [0.2, 0.25) is 5.02 Å². The van der Waals surface area contributed by atoms with Gasteiger partial charge in [-0.1, -0.05) is 39.7 Å². The van der Waals surface area contributed by atoms with Gasteiger partial charge in [0.15, 0.2) is 0 Å². The number of hydrazine groups is 1. The summed E-state index contributed by atoms with van der Waals surface area (Å²) in [6.07, 6.45) is 0.230. The molecule has 6 heteroatoms. The second kappa shape index (κ2) is 6.63. The van der Waals surface area contributed by atoms with Gasteiger partial charge >= 0.3 is 0 Å². The van der Waals surface area contributed by atoms with Crippen molar-refractivity contribution < 1.29 is 8.78 Å². The Kier molecular flexibility index (Phi) is 5.10. The summed E-state index contributed by atoms with van der Waals surface area (Å²) in [5, 5.41) is 0.303. The van der Waals surface area contributed by atoms with Crippen molar-refractivity contribution in [2.45, 2.75) is 12.5 Å². The van der Waals surface area contributed by atoms with E-state index in [4.69, 9.17) is 17.4 Å². The first-order chi connectivity index (χ1) is 9.51. The minimum Gasteiger partial charge on any atom is -0.271 e. The Morgan fingerprint density at radius 3 is 2.50 bits per heavy atom. The van der Waals surface area contributed by atoms with E-state index in [1.165, 1.54) is 12.1 Å². The minimum atomic E-state index is -0.539. The van der Waals surface area contributed by atoms with Crippen molar-refractivity contribution >= 4 is 27.5 Å². The van der Waals surface area contributed by atoms with Gasteiger partial charge in [0.05, 0.1) is 6.04 Å². The molecule has 0 bridgehead atoms. The number of rotatable bonds is 4. The van der Waals surface area contributed by atoms with Crippen LogP contribution in [0.4, 0.5) is 8.78 Å². The summed E-state index contributed by atoms with van der Waals surface area (Å²) in [6.45, 7) is 0. The smallest absolute Gasteiger partial charge is 0.129 e.